The average Bonchev–Trinajstić information content (AvgIpc) is 2.10. The third-order valence-corrected chi connectivity index (χ3v) is 1.61. The van der Waals surface area contributed by atoms with E-state index in [1.54, 1.807) is 0 Å². The molecule has 0 heterocycles. The molecule has 0 atom stereocenters. The number of carbonyl (C=O) groups excluding carboxylic acids is 2. The number of amides is 1. The minimum atomic E-state index is -0.742. The molecule has 1 amide bonds. The standard InChI is InChI=1S/C10H9F2NO2/c1-6(14)4-10(15)13-9-5-7(11)2-3-8(9)12/h2-3,5H,4H2,1H3,(H,13,15). The van der Waals surface area contributed by atoms with Crippen molar-refractivity contribution in [3.63, 3.8) is 0 Å². The Balaban J connectivity index is 2.76. The number of Topliss-reactive ketones (excluding diaryl/α,β-unsaturated/α-hetero) is 1. The summed E-state index contributed by atoms with van der Waals surface area (Å²) in [5, 5.41) is 2.11. The predicted molar refractivity (Wildman–Crippen MR) is 50.3 cm³/mol. The summed E-state index contributed by atoms with van der Waals surface area (Å²) in [4.78, 5) is 21.6. The maximum absolute atomic E-state index is 13.0. The Morgan fingerprint density at radius 1 is 1.33 bits per heavy atom. The second kappa shape index (κ2) is 4.63. The zero-order valence-corrected chi connectivity index (χ0v) is 8.01. The van der Waals surface area contributed by atoms with Gasteiger partial charge in [-0.2, -0.15) is 0 Å². The monoisotopic (exact) mass is 213 g/mol. The fourth-order valence-corrected chi connectivity index (χ4v) is 1.01. The fourth-order valence-electron chi connectivity index (χ4n) is 1.01. The van der Waals surface area contributed by atoms with E-state index in [0.29, 0.717) is 0 Å². The zero-order chi connectivity index (χ0) is 11.4. The third kappa shape index (κ3) is 3.46. The molecule has 1 rings (SSSR count). The van der Waals surface area contributed by atoms with Crippen molar-refractivity contribution in [1.82, 2.24) is 0 Å². The minimum Gasteiger partial charge on any atom is -0.323 e. The lowest BCUT2D eigenvalue weighted by atomic mass is 10.2. The van der Waals surface area contributed by atoms with Crippen molar-refractivity contribution in [3.05, 3.63) is 29.8 Å². The largest absolute Gasteiger partial charge is 0.323 e. The Morgan fingerprint density at radius 3 is 2.60 bits per heavy atom. The molecular weight excluding hydrogens is 204 g/mol. The van der Waals surface area contributed by atoms with E-state index in [9.17, 15) is 18.4 Å². The van der Waals surface area contributed by atoms with E-state index in [2.05, 4.69) is 5.32 Å². The molecule has 15 heavy (non-hydrogen) atoms. The van der Waals surface area contributed by atoms with Gasteiger partial charge in [-0.25, -0.2) is 8.78 Å². The topological polar surface area (TPSA) is 46.2 Å². The zero-order valence-electron chi connectivity index (χ0n) is 8.01. The number of carbonyl (C=O) groups is 2. The maximum atomic E-state index is 13.0. The van der Waals surface area contributed by atoms with Gasteiger partial charge in [-0.15, -0.1) is 0 Å². The van der Waals surface area contributed by atoms with Crippen LogP contribution in [0.15, 0.2) is 18.2 Å². The lowest BCUT2D eigenvalue weighted by Gasteiger charge is -2.04. The van der Waals surface area contributed by atoms with Crippen LogP contribution in [-0.2, 0) is 9.59 Å². The number of anilines is 1. The van der Waals surface area contributed by atoms with Crippen LogP contribution in [0.4, 0.5) is 14.5 Å². The molecule has 0 aliphatic carbocycles. The van der Waals surface area contributed by atoms with Gasteiger partial charge < -0.3 is 5.32 Å². The highest BCUT2D eigenvalue weighted by Gasteiger charge is 2.09. The lowest BCUT2D eigenvalue weighted by molar-refractivity contribution is -0.124. The summed E-state index contributed by atoms with van der Waals surface area (Å²) in [6.45, 7) is 1.24. The molecule has 0 aliphatic rings. The van der Waals surface area contributed by atoms with Crippen molar-refractivity contribution < 1.29 is 18.4 Å². The molecule has 0 fully saturated rings. The molecule has 0 unspecified atom stereocenters. The van der Waals surface area contributed by atoms with Gasteiger partial charge in [0.15, 0.2) is 0 Å². The third-order valence-electron chi connectivity index (χ3n) is 1.61. The van der Waals surface area contributed by atoms with Gasteiger partial charge in [0.25, 0.3) is 0 Å². The molecule has 1 aromatic carbocycles. The van der Waals surface area contributed by atoms with Gasteiger partial charge in [0.2, 0.25) is 5.91 Å². The van der Waals surface area contributed by atoms with Crippen molar-refractivity contribution >= 4 is 17.4 Å². The van der Waals surface area contributed by atoms with Crippen molar-refractivity contribution in [2.75, 3.05) is 5.32 Å². The summed E-state index contributed by atoms with van der Waals surface area (Å²) in [5.41, 5.74) is -0.263. The molecule has 0 saturated heterocycles. The number of rotatable bonds is 3. The number of benzene rings is 1. The van der Waals surface area contributed by atoms with Crippen molar-refractivity contribution in [3.8, 4) is 0 Å². The van der Waals surface area contributed by atoms with E-state index in [1.807, 2.05) is 0 Å². The molecule has 0 radical (unpaired) electrons. The quantitative estimate of drug-likeness (QED) is 0.779. The molecule has 3 nitrogen and oxygen atoms in total. The second-order valence-corrected chi connectivity index (χ2v) is 3.05. The summed E-state index contributed by atoms with van der Waals surface area (Å²) >= 11 is 0. The summed E-state index contributed by atoms with van der Waals surface area (Å²) in [6, 6.07) is 2.70. The van der Waals surface area contributed by atoms with Gasteiger partial charge in [-0.05, 0) is 19.1 Å². The second-order valence-electron chi connectivity index (χ2n) is 3.05. The Morgan fingerprint density at radius 2 is 2.00 bits per heavy atom. The highest BCUT2D eigenvalue weighted by atomic mass is 19.1. The van der Waals surface area contributed by atoms with Gasteiger partial charge in [0.1, 0.15) is 17.4 Å². The number of hydrogen-bond acceptors (Lipinski definition) is 2. The normalized spacial score (nSPS) is 9.80. The predicted octanol–water partition coefficient (Wildman–Crippen LogP) is 1.88. The number of nitrogens with one attached hydrogen (secondary N) is 1. The molecule has 5 heteroatoms. The molecule has 80 valence electrons. The van der Waals surface area contributed by atoms with Crippen LogP contribution in [-0.4, -0.2) is 11.7 Å². The Kier molecular flexibility index (Phi) is 3.49. The molecule has 0 aromatic heterocycles. The van der Waals surface area contributed by atoms with Gasteiger partial charge in [-0.3, -0.25) is 9.59 Å². The molecule has 0 saturated carbocycles. The van der Waals surface area contributed by atoms with E-state index >= 15 is 0 Å². The van der Waals surface area contributed by atoms with Gasteiger partial charge in [-0.1, -0.05) is 0 Å². The van der Waals surface area contributed by atoms with Crippen LogP contribution in [0.2, 0.25) is 0 Å². The molecule has 0 aliphatic heterocycles. The van der Waals surface area contributed by atoms with Crippen LogP contribution in [0.5, 0.6) is 0 Å². The minimum absolute atomic E-state index is 0.263. The average molecular weight is 213 g/mol. The lowest BCUT2D eigenvalue weighted by Crippen LogP contribution is -2.15. The van der Waals surface area contributed by atoms with Crippen LogP contribution in [0.1, 0.15) is 13.3 Å². The SMILES string of the molecule is CC(=O)CC(=O)Nc1cc(F)ccc1F. The van der Waals surface area contributed by atoms with Crippen LogP contribution in [0.3, 0.4) is 0 Å². The van der Waals surface area contributed by atoms with Gasteiger partial charge in [0.05, 0.1) is 12.1 Å². The first-order valence-corrected chi connectivity index (χ1v) is 4.23. The maximum Gasteiger partial charge on any atom is 0.231 e. The molecule has 0 spiro atoms. The Labute approximate surface area is 85.1 Å². The van der Waals surface area contributed by atoms with Crippen molar-refractivity contribution in [2.45, 2.75) is 13.3 Å². The highest BCUT2D eigenvalue weighted by Crippen LogP contribution is 2.15. The number of halogens is 2. The summed E-state index contributed by atoms with van der Waals surface area (Å²) in [7, 11) is 0. The van der Waals surface area contributed by atoms with Gasteiger partial charge >= 0.3 is 0 Å². The molecule has 1 aromatic rings. The molecule has 1 N–H and O–H groups in total. The fraction of sp³-hybridized carbons (Fsp3) is 0.200. The highest BCUT2D eigenvalue weighted by molar-refractivity contribution is 6.03. The summed E-state index contributed by atoms with van der Waals surface area (Å²) in [6.07, 6.45) is -0.351. The first-order valence-electron chi connectivity index (χ1n) is 4.23. The smallest absolute Gasteiger partial charge is 0.231 e. The van der Waals surface area contributed by atoms with Gasteiger partial charge in [0, 0.05) is 6.07 Å². The Hall–Kier alpha value is -1.78. The molecular formula is C10H9F2NO2. The Bertz CT molecular complexity index is 404. The number of ketones is 1. The van der Waals surface area contributed by atoms with E-state index < -0.39 is 17.5 Å². The van der Waals surface area contributed by atoms with E-state index in [1.165, 1.54) is 6.92 Å². The first kappa shape index (κ1) is 11.3. The van der Waals surface area contributed by atoms with Crippen molar-refractivity contribution in [1.29, 1.82) is 0 Å². The van der Waals surface area contributed by atoms with Crippen LogP contribution in [0.25, 0.3) is 0 Å². The summed E-state index contributed by atoms with van der Waals surface area (Å²) < 4.78 is 25.7. The van der Waals surface area contributed by atoms with Crippen LogP contribution in [0, 0.1) is 11.6 Å². The summed E-state index contributed by atoms with van der Waals surface area (Å²) in [5.74, 6) is -2.40. The number of hydrogen-bond donors (Lipinski definition) is 1. The van der Waals surface area contributed by atoms with Crippen LogP contribution < -0.4 is 5.32 Å². The van der Waals surface area contributed by atoms with E-state index in [0.717, 1.165) is 18.2 Å². The van der Waals surface area contributed by atoms with E-state index in [4.69, 9.17) is 0 Å². The first-order chi connectivity index (χ1) is 6.99. The van der Waals surface area contributed by atoms with Crippen LogP contribution >= 0.6 is 0 Å². The molecule has 0 bridgehead atoms. The van der Waals surface area contributed by atoms with E-state index in [-0.39, 0.29) is 17.9 Å². The van der Waals surface area contributed by atoms with Crippen molar-refractivity contribution in [2.24, 2.45) is 0 Å².